The van der Waals surface area contributed by atoms with Gasteiger partial charge in [-0.1, -0.05) is 54.1 Å². The van der Waals surface area contributed by atoms with Crippen LogP contribution in [0.25, 0.3) is 27.5 Å². The van der Waals surface area contributed by atoms with Crippen LogP contribution in [0, 0.1) is 0 Å². The van der Waals surface area contributed by atoms with E-state index in [2.05, 4.69) is 10.1 Å². The highest BCUT2D eigenvalue weighted by Crippen LogP contribution is 2.35. The summed E-state index contributed by atoms with van der Waals surface area (Å²) in [4.78, 5) is 15.3. The van der Waals surface area contributed by atoms with E-state index >= 15 is 0 Å². The number of halogens is 2. The number of benzene rings is 2. The molecule has 0 unspecified atom stereocenters. The predicted octanol–water partition coefficient (Wildman–Crippen LogP) is 4.24. The summed E-state index contributed by atoms with van der Waals surface area (Å²) in [6.07, 6.45) is 0. The second kappa shape index (κ2) is 5.41. The van der Waals surface area contributed by atoms with Crippen LogP contribution in [0.4, 0.5) is 0 Å². The van der Waals surface area contributed by atoms with E-state index in [1.807, 2.05) is 42.5 Å². The standard InChI is InChI=1S/C17H11Cl2N3O/c18-9-11-8-14(23)22-17(20-11)15(16(19)21-22)13-7-3-5-10-4-1-2-6-12(10)13/h1-8,20H,9H2. The highest BCUT2D eigenvalue weighted by molar-refractivity contribution is 6.33. The van der Waals surface area contributed by atoms with Gasteiger partial charge in [0.1, 0.15) is 5.65 Å². The Morgan fingerprint density at radius 2 is 1.91 bits per heavy atom. The molecule has 2 aromatic carbocycles. The van der Waals surface area contributed by atoms with Crippen LogP contribution < -0.4 is 5.56 Å². The number of H-pyrrole nitrogens is 1. The first-order valence-corrected chi connectivity index (χ1v) is 7.95. The molecule has 114 valence electrons. The highest BCUT2D eigenvalue weighted by atomic mass is 35.5. The number of aromatic amines is 1. The van der Waals surface area contributed by atoms with Gasteiger partial charge in [-0.15, -0.1) is 11.6 Å². The van der Waals surface area contributed by atoms with Crippen molar-refractivity contribution < 1.29 is 0 Å². The van der Waals surface area contributed by atoms with Gasteiger partial charge in [-0.3, -0.25) is 4.79 Å². The van der Waals surface area contributed by atoms with Crippen molar-refractivity contribution in [3.8, 4) is 11.1 Å². The fourth-order valence-corrected chi connectivity index (χ4v) is 3.23. The van der Waals surface area contributed by atoms with Gasteiger partial charge >= 0.3 is 0 Å². The summed E-state index contributed by atoms with van der Waals surface area (Å²) >= 11 is 12.2. The number of rotatable bonds is 2. The van der Waals surface area contributed by atoms with Crippen LogP contribution in [-0.4, -0.2) is 14.6 Å². The first kappa shape index (κ1) is 14.3. The minimum Gasteiger partial charge on any atom is -0.342 e. The Morgan fingerprint density at radius 3 is 2.74 bits per heavy atom. The van der Waals surface area contributed by atoms with Gasteiger partial charge in [0.05, 0.1) is 11.4 Å². The molecule has 2 heterocycles. The maximum atomic E-state index is 12.2. The number of aromatic nitrogens is 3. The monoisotopic (exact) mass is 343 g/mol. The van der Waals surface area contributed by atoms with Crippen molar-refractivity contribution in [3.05, 3.63) is 69.7 Å². The molecule has 23 heavy (non-hydrogen) atoms. The molecule has 0 aliphatic heterocycles. The Labute approximate surface area is 141 Å². The van der Waals surface area contributed by atoms with Crippen molar-refractivity contribution in [2.75, 3.05) is 0 Å². The largest absolute Gasteiger partial charge is 0.342 e. The maximum Gasteiger partial charge on any atom is 0.274 e. The van der Waals surface area contributed by atoms with E-state index < -0.39 is 0 Å². The molecule has 0 amide bonds. The Morgan fingerprint density at radius 1 is 1.13 bits per heavy atom. The van der Waals surface area contributed by atoms with Crippen LogP contribution in [0.5, 0.6) is 0 Å². The molecular weight excluding hydrogens is 333 g/mol. The number of hydrogen-bond donors (Lipinski definition) is 1. The second-order valence-corrected chi connectivity index (χ2v) is 5.84. The van der Waals surface area contributed by atoms with Crippen LogP contribution in [-0.2, 0) is 5.88 Å². The Kier molecular flexibility index (Phi) is 3.36. The van der Waals surface area contributed by atoms with E-state index in [0.717, 1.165) is 16.3 Å². The summed E-state index contributed by atoms with van der Waals surface area (Å²) in [7, 11) is 0. The van der Waals surface area contributed by atoms with Crippen LogP contribution in [0.15, 0.2) is 53.3 Å². The molecule has 0 aliphatic carbocycles. The minimum atomic E-state index is -0.261. The van der Waals surface area contributed by atoms with Gasteiger partial charge in [0, 0.05) is 11.8 Å². The zero-order chi connectivity index (χ0) is 16.0. The number of alkyl halides is 1. The predicted molar refractivity (Wildman–Crippen MR) is 93.3 cm³/mol. The summed E-state index contributed by atoms with van der Waals surface area (Å²) < 4.78 is 1.27. The third-order valence-electron chi connectivity index (χ3n) is 3.83. The number of fused-ring (bicyclic) bond motifs is 2. The van der Waals surface area contributed by atoms with Crippen molar-refractivity contribution >= 4 is 39.6 Å². The molecule has 0 saturated heterocycles. The van der Waals surface area contributed by atoms with Crippen molar-refractivity contribution in [2.45, 2.75) is 5.88 Å². The van der Waals surface area contributed by atoms with Crippen molar-refractivity contribution in [1.82, 2.24) is 14.6 Å². The molecule has 0 aliphatic rings. The molecule has 0 bridgehead atoms. The molecule has 0 radical (unpaired) electrons. The van der Waals surface area contributed by atoms with E-state index in [9.17, 15) is 4.79 Å². The molecule has 0 spiro atoms. The maximum absolute atomic E-state index is 12.2. The van der Waals surface area contributed by atoms with Crippen LogP contribution in [0.1, 0.15) is 5.69 Å². The molecule has 6 heteroatoms. The van der Waals surface area contributed by atoms with Crippen molar-refractivity contribution in [3.63, 3.8) is 0 Å². The molecule has 2 aromatic heterocycles. The Balaban J connectivity index is 2.14. The van der Waals surface area contributed by atoms with Gasteiger partial charge in [-0.05, 0) is 16.3 Å². The van der Waals surface area contributed by atoms with Gasteiger partial charge in [0.15, 0.2) is 5.15 Å². The van der Waals surface area contributed by atoms with Gasteiger partial charge < -0.3 is 4.98 Å². The quantitative estimate of drug-likeness (QED) is 0.553. The van der Waals surface area contributed by atoms with E-state index in [1.54, 1.807) is 0 Å². The molecule has 4 rings (SSSR count). The number of nitrogens with zero attached hydrogens (tertiary/aromatic N) is 2. The third-order valence-corrected chi connectivity index (χ3v) is 4.38. The number of hydrogen-bond acceptors (Lipinski definition) is 2. The van der Waals surface area contributed by atoms with Gasteiger partial charge in [-0.25, -0.2) is 0 Å². The molecule has 1 N–H and O–H groups in total. The lowest BCUT2D eigenvalue weighted by atomic mass is 10.0. The fourth-order valence-electron chi connectivity index (χ4n) is 2.82. The normalized spacial score (nSPS) is 11.4. The molecule has 0 fully saturated rings. The van der Waals surface area contributed by atoms with E-state index in [4.69, 9.17) is 23.2 Å². The first-order chi connectivity index (χ1) is 11.2. The Hall–Kier alpha value is -2.30. The smallest absolute Gasteiger partial charge is 0.274 e. The van der Waals surface area contributed by atoms with E-state index in [-0.39, 0.29) is 16.6 Å². The summed E-state index contributed by atoms with van der Waals surface area (Å²) in [5.41, 5.74) is 2.54. The van der Waals surface area contributed by atoms with Crippen molar-refractivity contribution in [2.24, 2.45) is 0 Å². The summed E-state index contributed by atoms with van der Waals surface area (Å²) in [5, 5.41) is 6.58. The third kappa shape index (κ3) is 2.22. The summed E-state index contributed by atoms with van der Waals surface area (Å²) in [5.74, 6) is 0.212. The average molecular weight is 344 g/mol. The minimum absolute atomic E-state index is 0.212. The molecule has 4 nitrogen and oxygen atoms in total. The van der Waals surface area contributed by atoms with Crippen LogP contribution in [0.2, 0.25) is 5.15 Å². The topological polar surface area (TPSA) is 50.2 Å². The number of nitrogens with one attached hydrogen (secondary N) is 1. The van der Waals surface area contributed by atoms with E-state index in [1.165, 1.54) is 10.6 Å². The summed E-state index contributed by atoms with van der Waals surface area (Å²) in [6, 6.07) is 15.4. The first-order valence-electron chi connectivity index (χ1n) is 7.03. The summed E-state index contributed by atoms with van der Waals surface area (Å²) in [6.45, 7) is 0. The van der Waals surface area contributed by atoms with Crippen LogP contribution >= 0.6 is 23.2 Å². The lowest BCUT2D eigenvalue weighted by Crippen LogP contribution is -2.15. The van der Waals surface area contributed by atoms with Crippen molar-refractivity contribution in [1.29, 1.82) is 0 Å². The fraction of sp³-hybridized carbons (Fsp3) is 0.0588. The van der Waals surface area contributed by atoms with Crippen LogP contribution in [0.3, 0.4) is 0 Å². The second-order valence-electron chi connectivity index (χ2n) is 5.22. The molecule has 0 atom stereocenters. The SMILES string of the molecule is O=c1cc(CCl)[nH]c2c(-c3cccc4ccccc34)c(Cl)nn12. The Bertz CT molecular complexity index is 1090. The van der Waals surface area contributed by atoms with Gasteiger partial charge in [0.2, 0.25) is 0 Å². The molecular formula is C17H11Cl2N3O. The van der Waals surface area contributed by atoms with Gasteiger partial charge in [-0.2, -0.15) is 9.61 Å². The highest BCUT2D eigenvalue weighted by Gasteiger charge is 2.17. The zero-order valence-corrected chi connectivity index (χ0v) is 13.4. The molecule has 4 aromatic rings. The van der Waals surface area contributed by atoms with E-state index in [0.29, 0.717) is 16.9 Å². The van der Waals surface area contributed by atoms with Gasteiger partial charge in [0.25, 0.3) is 5.56 Å². The lowest BCUT2D eigenvalue weighted by Gasteiger charge is -2.06. The molecule has 0 saturated carbocycles. The average Bonchev–Trinajstić information content (AvgIpc) is 2.91. The lowest BCUT2D eigenvalue weighted by molar-refractivity contribution is 0.888. The zero-order valence-electron chi connectivity index (χ0n) is 11.9.